The molecule has 0 aliphatic heterocycles. The maximum atomic E-state index is 14.0. The number of Topliss-reactive ketones (excluding diaryl/α,β-unsaturated/α-hetero) is 1. The van der Waals surface area contributed by atoms with Crippen molar-refractivity contribution in [2.24, 2.45) is 0 Å². The predicted molar refractivity (Wildman–Crippen MR) is 123 cm³/mol. The van der Waals surface area contributed by atoms with Crippen molar-refractivity contribution in [3.63, 3.8) is 0 Å². The molecule has 0 radical (unpaired) electrons. The van der Waals surface area contributed by atoms with Gasteiger partial charge in [-0.15, -0.1) is 12.4 Å². The zero-order valence-electron chi connectivity index (χ0n) is 18.5. The number of aliphatic hydroxyl groups excluding tert-OH is 1. The van der Waals surface area contributed by atoms with Gasteiger partial charge in [-0.1, -0.05) is 12.1 Å². The first kappa shape index (κ1) is 26.2. The Morgan fingerprint density at radius 1 is 1.06 bits per heavy atom. The molecule has 0 aliphatic carbocycles. The first-order chi connectivity index (χ1) is 16.3. The summed E-state index contributed by atoms with van der Waals surface area (Å²) in [5.41, 5.74) is 1.11. The molecule has 2 aromatic carbocycles. The number of ether oxygens (including phenoxy) is 1. The van der Waals surface area contributed by atoms with Gasteiger partial charge in [0.25, 0.3) is 0 Å². The highest BCUT2D eigenvalue weighted by atomic mass is 35.5. The maximum Gasteiger partial charge on any atom is 0.182 e. The number of fused-ring (bicyclic) bond motifs is 1. The summed E-state index contributed by atoms with van der Waals surface area (Å²) in [5, 5.41) is 9.79. The Kier molecular flexibility index (Phi) is 8.14. The highest BCUT2D eigenvalue weighted by molar-refractivity contribution is 5.97. The molecule has 0 fully saturated rings. The van der Waals surface area contributed by atoms with Crippen LogP contribution in [0, 0.1) is 30.2 Å². The van der Waals surface area contributed by atoms with Gasteiger partial charge in [0.2, 0.25) is 0 Å². The summed E-state index contributed by atoms with van der Waals surface area (Å²) in [7, 11) is 0. The van der Waals surface area contributed by atoms with Crippen LogP contribution in [0.4, 0.5) is 17.6 Å². The van der Waals surface area contributed by atoms with Gasteiger partial charge < -0.3 is 9.84 Å². The molecule has 0 saturated heterocycles. The lowest BCUT2D eigenvalue weighted by Gasteiger charge is -2.14. The van der Waals surface area contributed by atoms with Crippen molar-refractivity contribution in [2.45, 2.75) is 25.9 Å². The van der Waals surface area contributed by atoms with Gasteiger partial charge in [-0.25, -0.2) is 22.5 Å². The maximum absolute atomic E-state index is 14.0. The number of nitrogens with zero attached hydrogens (tertiary/aromatic N) is 2. The van der Waals surface area contributed by atoms with Crippen molar-refractivity contribution in [3.8, 4) is 5.75 Å². The molecule has 35 heavy (non-hydrogen) atoms. The van der Waals surface area contributed by atoms with E-state index in [9.17, 15) is 27.5 Å². The van der Waals surface area contributed by atoms with E-state index in [0.717, 1.165) is 0 Å². The van der Waals surface area contributed by atoms with Crippen molar-refractivity contribution in [1.82, 2.24) is 9.38 Å². The molecule has 0 aliphatic rings. The minimum Gasteiger partial charge on any atom is -0.485 e. The smallest absolute Gasteiger partial charge is 0.182 e. The van der Waals surface area contributed by atoms with Crippen molar-refractivity contribution < 1.29 is 32.2 Å². The van der Waals surface area contributed by atoms with Crippen LogP contribution >= 0.6 is 12.4 Å². The summed E-state index contributed by atoms with van der Waals surface area (Å²) >= 11 is 0. The molecule has 4 aromatic rings. The van der Waals surface area contributed by atoms with E-state index in [2.05, 4.69) is 4.98 Å². The van der Waals surface area contributed by atoms with Crippen LogP contribution in [-0.4, -0.2) is 26.9 Å². The van der Waals surface area contributed by atoms with Gasteiger partial charge in [0, 0.05) is 30.7 Å². The molecule has 2 aromatic heterocycles. The first-order valence-electron chi connectivity index (χ1n) is 10.4. The number of hydrogen-bond donors (Lipinski definition) is 1. The van der Waals surface area contributed by atoms with Crippen molar-refractivity contribution >= 4 is 23.8 Å². The van der Waals surface area contributed by atoms with E-state index in [1.54, 1.807) is 19.2 Å². The van der Waals surface area contributed by atoms with Gasteiger partial charge in [0.05, 0.1) is 17.9 Å². The average Bonchev–Trinajstić information content (AvgIpc) is 3.14. The Balaban J connectivity index is 0.00000342. The van der Waals surface area contributed by atoms with Gasteiger partial charge in [-0.05, 0) is 36.8 Å². The van der Waals surface area contributed by atoms with Crippen LogP contribution in [0.1, 0.15) is 39.6 Å². The van der Waals surface area contributed by atoms with Gasteiger partial charge in [-0.2, -0.15) is 0 Å². The fourth-order valence-corrected chi connectivity index (χ4v) is 3.81. The molecule has 4 rings (SSSR count). The van der Waals surface area contributed by atoms with Crippen LogP contribution in [0.3, 0.4) is 0 Å². The molecular formula is C25H21ClF4N2O3. The largest absolute Gasteiger partial charge is 0.485 e. The summed E-state index contributed by atoms with van der Waals surface area (Å²) in [6.07, 6.45) is 1.55. The van der Waals surface area contributed by atoms with E-state index in [1.165, 1.54) is 34.7 Å². The zero-order valence-corrected chi connectivity index (χ0v) is 19.3. The summed E-state index contributed by atoms with van der Waals surface area (Å²) in [5.74, 6) is -4.27. The summed E-state index contributed by atoms with van der Waals surface area (Å²) < 4.78 is 61.3. The number of aliphatic hydroxyl groups is 1. The minimum atomic E-state index is -1.07. The lowest BCUT2D eigenvalue weighted by atomic mass is 9.93. The number of aromatic nitrogens is 2. The molecule has 0 amide bonds. The average molecular weight is 509 g/mol. The monoisotopic (exact) mass is 508 g/mol. The highest BCUT2D eigenvalue weighted by Gasteiger charge is 2.23. The first-order valence-corrected chi connectivity index (χ1v) is 10.4. The fourth-order valence-electron chi connectivity index (χ4n) is 3.81. The van der Waals surface area contributed by atoms with E-state index in [4.69, 9.17) is 4.74 Å². The van der Waals surface area contributed by atoms with Crippen LogP contribution in [0.25, 0.3) is 5.65 Å². The van der Waals surface area contributed by atoms with Crippen LogP contribution < -0.4 is 4.74 Å². The van der Waals surface area contributed by atoms with E-state index in [-0.39, 0.29) is 48.3 Å². The van der Waals surface area contributed by atoms with E-state index in [0.29, 0.717) is 23.4 Å². The molecule has 2 heterocycles. The third-order valence-electron chi connectivity index (χ3n) is 5.52. The lowest BCUT2D eigenvalue weighted by molar-refractivity contribution is 0.0953. The van der Waals surface area contributed by atoms with Crippen LogP contribution in [0.5, 0.6) is 5.75 Å². The number of benzene rings is 2. The molecule has 1 N–H and O–H groups in total. The number of ketones is 1. The third kappa shape index (κ3) is 5.47. The van der Waals surface area contributed by atoms with Gasteiger partial charge in [0.15, 0.2) is 17.2 Å². The second kappa shape index (κ2) is 10.9. The molecule has 5 nitrogen and oxygen atoms in total. The Labute approximate surface area is 204 Å². The number of aryl methyl sites for hydroxylation is 1. The minimum absolute atomic E-state index is 0. The number of carbonyl (C=O) groups excluding carboxylic acids is 1. The number of rotatable bonds is 8. The Hall–Kier alpha value is -3.43. The van der Waals surface area contributed by atoms with Crippen molar-refractivity contribution in [1.29, 1.82) is 0 Å². The number of halogens is 5. The number of imidazole rings is 1. The molecule has 1 atom stereocenters. The van der Waals surface area contributed by atoms with Crippen molar-refractivity contribution in [3.05, 3.63) is 101 Å². The highest BCUT2D eigenvalue weighted by Crippen LogP contribution is 2.27. The summed E-state index contributed by atoms with van der Waals surface area (Å²) in [6, 6.07) is 9.81. The van der Waals surface area contributed by atoms with Gasteiger partial charge >= 0.3 is 0 Å². The molecule has 0 saturated carbocycles. The van der Waals surface area contributed by atoms with E-state index < -0.39 is 41.4 Å². The molecule has 0 bridgehead atoms. The van der Waals surface area contributed by atoms with E-state index >= 15 is 0 Å². The standard InChI is InChI=1S/C25H20F4N2O3.ClH/c1-14-24(22(33)9-16(12-32)15-4-6-17(26)7-5-15)31-8-2-3-23(25(31)30-14)34-13-19-20(28)10-18(27)11-21(19)29;/h2-8,10-11,16,32H,9,12-13H2,1H3;1H/t16-;/m0./s1. The second-order valence-corrected chi connectivity index (χ2v) is 7.81. The fraction of sp³-hybridized carbons (Fsp3) is 0.200. The molecule has 184 valence electrons. The summed E-state index contributed by atoms with van der Waals surface area (Å²) in [4.78, 5) is 17.5. The van der Waals surface area contributed by atoms with Crippen LogP contribution in [-0.2, 0) is 6.61 Å². The van der Waals surface area contributed by atoms with Crippen LogP contribution in [0.15, 0.2) is 54.7 Å². The van der Waals surface area contributed by atoms with Crippen molar-refractivity contribution in [2.75, 3.05) is 6.61 Å². The normalized spacial score (nSPS) is 11.8. The molecule has 0 spiro atoms. The predicted octanol–water partition coefficient (Wildman–Crippen LogP) is 5.55. The molecular weight excluding hydrogens is 488 g/mol. The third-order valence-corrected chi connectivity index (χ3v) is 5.52. The van der Waals surface area contributed by atoms with Gasteiger partial charge in [0.1, 0.15) is 35.6 Å². The Bertz CT molecular complexity index is 1340. The van der Waals surface area contributed by atoms with Crippen LogP contribution in [0.2, 0.25) is 0 Å². The Morgan fingerprint density at radius 3 is 2.34 bits per heavy atom. The quantitative estimate of drug-likeness (QED) is 0.250. The lowest BCUT2D eigenvalue weighted by Crippen LogP contribution is -2.14. The van der Waals surface area contributed by atoms with Gasteiger partial charge in [-0.3, -0.25) is 9.20 Å². The summed E-state index contributed by atoms with van der Waals surface area (Å²) in [6.45, 7) is 0.815. The topological polar surface area (TPSA) is 63.8 Å². The molecule has 10 heteroatoms. The number of carbonyl (C=O) groups is 1. The number of pyridine rings is 1. The number of hydrogen-bond acceptors (Lipinski definition) is 4. The SMILES string of the molecule is Cc1nc2c(OCc3c(F)cc(F)cc3F)cccn2c1C(=O)C[C@@H](CO)c1ccc(F)cc1.Cl. The van der Waals surface area contributed by atoms with E-state index in [1.807, 2.05) is 0 Å². The Morgan fingerprint density at radius 2 is 1.71 bits per heavy atom. The zero-order chi connectivity index (χ0) is 24.4. The molecule has 0 unspecified atom stereocenters. The second-order valence-electron chi connectivity index (χ2n) is 7.81.